The van der Waals surface area contributed by atoms with Crippen LogP contribution in [0.1, 0.15) is 15.9 Å². The molecule has 0 N–H and O–H groups in total. The molecule has 0 aliphatic rings. The van der Waals surface area contributed by atoms with Crippen LogP contribution in [-0.2, 0) is 0 Å². The lowest BCUT2D eigenvalue weighted by Crippen LogP contribution is -1.95. The van der Waals surface area contributed by atoms with Crippen LogP contribution < -0.4 is 14.2 Å². The van der Waals surface area contributed by atoms with Gasteiger partial charge in [0.15, 0.2) is 5.78 Å². The predicted octanol–water partition coefficient (Wildman–Crippen LogP) is 4.76. The number of methoxy groups -OCH3 is 3. The smallest absolute Gasteiger partial charge is 0.185 e. The topological polar surface area (TPSA) is 44.8 Å². The second-order valence-electron chi connectivity index (χ2n) is 5.73. The summed E-state index contributed by atoms with van der Waals surface area (Å²) in [5.74, 6) is 2.10. The summed E-state index contributed by atoms with van der Waals surface area (Å²) < 4.78 is 15.8. The number of hydrogen-bond acceptors (Lipinski definition) is 4. The summed E-state index contributed by atoms with van der Waals surface area (Å²) in [7, 11) is 4.83. The summed E-state index contributed by atoms with van der Waals surface area (Å²) in [5, 5.41) is 2.02. The number of carbonyl (C=O) groups is 1. The molecule has 4 heteroatoms. The maximum Gasteiger partial charge on any atom is 0.185 e. The minimum absolute atomic E-state index is 0.0763. The maximum atomic E-state index is 12.6. The van der Waals surface area contributed by atoms with Gasteiger partial charge >= 0.3 is 0 Å². The van der Waals surface area contributed by atoms with Gasteiger partial charge in [0.05, 0.1) is 21.3 Å². The Bertz CT molecular complexity index is 973. The fraction of sp³-hybridized carbons (Fsp3) is 0.136. The Labute approximate surface area is 152 Å². The minimum atomic E-state index is -0.0763. The maximum absolute atomic E-state index is 12.6. The first-order valence-electron chi connectivity index (χ1n) is 8.17. The van der Waals surface area contributed by atoms with Crippen LogP contribution in [-0.4, -0.2) is 27.1 Å². The average Bonchev–Trinajstić information content (AvgIpc) is 2.70. The summed E-state index contributed by atoms with van der Waals surface area (Å²) in [6, 6.07) is 16.8. The number of ketones is 1. The van der Waals surface area contributed by atoms with Crippen molar-refractivity contribution in [1.82, 2.24) is 0 Å². The third-order valence-electron chi connectivity index (χ3n) is 4.18. The van der Waals surface area contributed by atoms with Gasteiger partial charge in [0.1, 0.15) is 17.2 Å². The monoisotopic (exact) mass is 348 g/mol. The van der Waals surface area contributed by atoms with E-state index >= 15 is 0 Å². The molecule has 0 saturated heterocycles. The number of hydrogen-bond donors (Lipinski definition) is 0. The molecule has 0 unspecified atom stereocenters. The Hall–Kier alpha value is -3.27. The number of benzene rings is 3. The third kappa shape index (κ3) is 3.70. The number of fused-ring (bicyclic) bond motifs is 1. The van der Waals surface area contributed by atoms with Gasteiger partial charge in [0.25, 0.3) is 0 Å². The van der Waals surface area contributed by atoms with Gasteiger partial charge in [-0.3, -0.25) is 4.79 Å². The van der Waals surface area contributed by atoms with Gasteiger partial charge in [0.2, 0.25) is 0 Å². The first-order valence-corrected chi connectivity index (χ1v) is 8.17. The van der Waals surface area contributed by atoms with E-state index in [4.69, 9.17) is 14.2 Å². The number of ether oxygens (including phenoxy) is 3. The van der Waals surface area contributed by atoms with E-state index in [1.54, 1.807) is 33.5 Å². The molecule has 0 spiro atoms. The summed E-state index contributed by atoms with van der Waals surface area (Å²) in [4.78, 5) is 12.6. The number of rotatable bonds is 6. The van der Waals surface area contributed by atoms with E-state index in [1.807, 2.05) is 54.6 Å². The van der Waals surface area contributed by atoms with E-state index in [0.717, 1.165) is 22.1 Å². The number of allylic oxidation sites excluding steroid dienone is 1. The van der Waals surface area contributed by atoms with Gasteiger partial charge in [-0.05, 0) is 59.3 Å². The zero-order valence-corrected chi connectivity index (χ0v) is 15.0. The van der Waals surface area contributed by atoms with Crippen molar-refractivity contribution < 1.29 is 19.0 Å². The molecule has 0 aromatic heterocycles. The molecule has 132 valence electrons. The molecular formula is C22H20O4. The standard InChI is InChI=1S/C22H20O4/c1-24-19-8-6-15-12-17(5-4-16(15)13-19)21(23)10-7-18-14-20(25-2)9-11-22(18)26-3/h4-14H,1-3H3/b10-7+. The molecule has 26 heavy (non-hydrogen) atoms. The zero-order valence-electron chi connectivity index (χ0n) is 15.0. The molecule has 0 bridgehead atoms. The summed E-state index contributed by atoms with van der Waals surface area (Å²) in [6.07, 6.45) is 3.28. The fourth-order valence-corrected chi connectivity index (χ4v) is 2.74. The van der Waals surface area contributed by atoms with Gasteiger partial charge in [-0.25, -0.2) is 0 Å². The average molecular weight is 348 g/mol. The van der Waals surface area contributed by atoms with E-state index in [1.165, 1.54) is 0 Å². The molecule has 0 fully saturated rings. The Morgan fingerprint density at radius 1 is 0.769 bits per heavy atom. The van der Waals surface area contributed by atoms with Crippen molar-refractivity contribution in [3.63, 3.8) is 0 Å². The van der Waals surface area contributed by atoms with E-state index in [2.05, 4.69) is 0 Å². The molecule has 4 nitrogen and oxygen atoms in total. The largest absolute Gasteiger partial charge is 0.497 e. The van der Waals surface area contributed by atoms with Gasteiger partial charge in [-0.2, -0.15) is 0 Å². The molecular weight excluding hydrogens is 328 g/mol. The lowest BCUT2D eigenvalue weighted by Gasteiger charge is -2.07. The SMILES string of the molecule is COc1ccc(OC)c(/C=C/C(=O)c2ccc3cc(OC)ccc3c2)c1. The van der Waals surface area contributed by atoms with Gasteiger partial charge in [0, 0.05) is 11.1 Å². The molecule has 0 aliphatic heterocycles. The lowest BCUT2D eigenvalue weighted by molar-refractivity contribution is 0.104. The summed E-state index contributed by atoms with van der Waals surface area (Å²) in [6.45, 7) is 0. The van der Waals surface area contributed by atoms with Crippen LogP contribution in [0.5, 0.6) is 17.2 Å². The van der Waals surface area contributed by atoms with E-state index in [-0.39, 0.29) is 5.78 Å². The van der Waals surface area contributed by atoms with Gasteiger partial charge < -0.3 is 14.2 Å². The van der Waals surface area contributed by atoms with Crippen LogP contribution >= 0.6 is 0 Å². The van der Waals surface area contributed by atoms with Gasteiger partial charge in [-0.1, -0.05) is 18.2 Å². The van der Waals surface area contributed by atoms with Crippen molar-refractivity contribution in [1.29, 1.82) is 0 Å². The molecule has 3 rings (SSSR count). The molecule has 0 aliphatic carbocycles. The van der Waals surface area contributed by atoms with Crippen molar-refractivity contribution in [3.05, 3.63) is 71.8 Å². The first-order chi connectivity index (χ1) is 12.6. The van der Waals surface area contributed by atoms with Crippen molar-refractivity contribution in [3.8, 4) is 17.2 Å². The van der Waals surface area contributed by atoms with Crippen LogP contribution in [0, 0.1) is 0 Å². The van der Waals surface area contributed by atoms with Crippen LogP contribution in [0.3, 0.4) is 0 Å². The first kappa shape index (κ1) is 17.5. The molecule has 3 aromatic carbocycles. The molecule has 3 aromatic rings. The van der Waals surface area contributed by atoms with Crippen molar-refractivity contribution in [2.24, 2.45) is 0 Å². The third-order valence-corrected chi connectivity index (χ3v) is 4.18. The Morgan fingerprint density at radius 3 is 2.15 bits per heavy atom. The summed E-state index contributed by atoms with van der Waals surface area (Å²) in [5.41, 5.74) is 1.41. The zero-order chi connectivity index (χ0) is 18.5. The number of carbonyl (C=O) groups excluding carboxylic acids is 1. The van der Waals surface area contributed by atoms with Crippen molar-refractivity contribution in [2.45, 2.75) is 0 Å². The highest BCUT2D eigenvalue weighted by atomic mass is 16.5. The highest BCUT2D eigenvalue weighted by Gasteiger charge is 2.06. The second kappa shape index (κ2) is 7.74. The predicted molar refractivity (Wildman–Crippen MR) is 103 cm³/mol. The minimum Gasteiger partial charge on any atom is -0.497 e. The van der Waals surface area contributed by atoms with Crippen LogP contribution in [0.25, 0.3) is 16.8 Å². The molecule has 0 radical (unpaired) electrons. The lowest BCUT2D eigenvalue weighted by atomic mass is 10.0. The van der Waals surface area contributed by atoms with Crippen LogP contribution in [0.15, 0.2) is 60.7 Å². The van der Waals surface area contributed by atoms with Crippen LogP contribution in [0.4, 0.5) is 0 Å². The Balaban J connectivity index is 1.88. The normalized spacial score (nSPS) is 10.9. The Kier molecular flexibility index (Phi) is 5.23. The molecule has 0 amide bonds. The van der Waals surface area contributed by atoms with E-state index in [9.17, 15) is 4.79 Å². The quantitative estimate of drug-likeness (QED) is 0.476. The molecule has 0 heterocycles. The Morgan fingerprint density at radius 2 is 1.42 bits per heavy atom. The van der Waals surface area contributed by atoms with Crippen LogP contribution in [0.2, 0.25) is 0 Å². The highest BCUT2D eigenvalue weighted by molar-refractivity contribution is 6.08. The van der Waals surface area contributed by atoms with Crippen molar-refractivity contribution >= 4 is 22.6 Å². The van der Waals surface area contributed by atoms with E-state index < -0.39 is 0 Å². The molecule has 0 saturated carbocycles. The second-order valence-corrected chi connectivity index (χ2v) is 5.73. The summed E-state index contributed by atoms with van der Waals surface area (Å²) >= 11 is 0. The molecule has 0 atom stereocenters. The van der Waals surface area contributed by atoms with Gasteiger partial charge in [-0.15, -0.1) is 0 Å². The van der Waals surface area contributed by atoms with Crippen molar-refractivity contribution in [2.75, 3.05) is 21.3 Å². The van der Waals surface area contributed by atoms with E-state index in [0.29, 0.717) is 17.1 Å². The fourth-order valence-electron chi connectivity index (χ4n) is 2.74. The highest BCUT2D eigenvalue weighted by Crippen LogP contribution is 2.26.